The molecule has 0 aromatic heterocycles. The van der Waals surface area contributed by atoms with E-state index in [2.05, 4.69) is 12.6 Å². The SMILES string of the molecule is CC1=C(O)[C@@H](O)[C@H](S)C(O)=C1O. The molecule has 1 rings (SSSR count). The van der Waals surface area contributed by atoms with Crippen LogP contribution in [0.1, 0.15) is 6.92 Å². The third-order valence-corrected chi connectivity index (χ3v) is 2.37. The van der Waals surface area contributed by atoms with E-state index < -0.39 is 22.9 Å². The molecule has 0 saturated heterocycles. The predicted molar refractivity (Wildman–Crippen MR) is 46.4 cm³/mol. The number of hydrogen-bond acceptors (Lipinski definition) is 5. The molecular weight excluding hydrogens is 180 g/mol. The molecule has 0 amide bonds. The summed E-state index contributed by atoms with van der Waals surface area (Å²) in [5.74, 6) is -1.19. The third kappa shape index (κ3) is 1.15. The summed E-state index contributed by atoms with van der Waals surface area (Å²) in [5.41, 5.74) is 0.0744. The van der Waals surface area contributed by atoms with Gasteiger partial charge in [-0.15, -0.1) is 0 Å². The van der Waals surface area contributed by atoms with Crippen molar-refractivity contribution in [2.75, 3.05) is 0 Å². The van der Waals surface area contributed by atoms with Crippen molar-refractivity contribution in [2.45, 2.75) is 18.3 Å². The molecular formula is C7H10O4S. The normalized spacial score (nSPS) is 31.2. The Balaban J connectivity index is 3.18. The van der Waals surface area contributed by atoms with Crippen LogP contribution in [-0.2, 0) is 0 Å². The lowest BCUT2D eigenvalue weighted by molar-refractivity contribution is 0.131. The molecule has 0 aliphatic heterocycles. The number of aliphatic hydroxyl groups excluding tert-OH is 4. The molecule has 0 bridgehead atoms. The smallest absolute Gasteiger partial charge is 0.160 e. The lowest BCUT2D eigenvalue weighted by Crippen LogP contribution is -2.30. The summed E-state index contributed by atoms with van der Waals surface area (Å²) in [5, 5.41) is 35.7. The fourth-order valence-electron chi connectivity index (χ4n) is 0.974. The summed E-state index contributed by atoms with van der Waals surface area (Å²) in [6.07, 6.45) is -1.26. The molecule has 68 valence electrons. The van der Waals surface area contributed by atoms with E-state index in [0.29, 0.717) is 0 Å². The van der Waals surface area contributed by atoms with Crippen LogP contribution in [0.4, 0.5) is 0 Å². The van der Waals surface area contributed by atoms with Gasteiger partial charge < -0.3 is 20.4 Å². The van der Waals surface area contributed by atoms with Crippen LogP contribution in [0, 0.1) is 0 Å². The molecule has 4 N–H and O–H groups in total. The van der Waals surface area contributed by atoms with E-state index in [9.17, 15) is 10.2 Å². The fourth-order valence-corrected chi connectivity index (χ4v) is 1.24. The first-order valence-corrected chi connectivity index (χ1v) is 3.86. The van der Waals surface area contributed by atoms with Crippen molar-refractivity contribution in [3.05, 3.63) is 22.9 Å². The standard InChI is InChI=1S/C7H10O4S/c1-2-3(8)5(10)7(12)6(11)4(2)9/h5,7-12H,1H3/t5-,7+/m1/s1. The van der Waals surface area contributed by atoms with Crippen LogP contribution >= 0.6 is 12.6 Å². The van der Waals surface area contributed by atoms with Crippen LogP contribution in [0.25, 0.3) is 0 Å². The Kier molecular flexibility index (Phi) is 2.25. The second kappa shape index (κ2) is 2.91. The van der Waals surface area contributed by atoms with Crippen LogP contribution in [0.5, 0.6) is 0 Å². The molecule has 2 atom stereocenters. The van der Waals surface area contributed by atoms with E-state index >= 15 is 0 Å². The number of allylic oxidation sites excluding steroid dienone is 1. The zero-order valence-electron chi connectivity index (χ0n) is 6.39. The maximum atomic E-state index is 9.22. The van der Waals surface area contributed by atoms with E-state index in [0.717, 1.165) is 0 Å². The molecule has 0 aromatic rings. The first-order valence-electron chi connectivity index (χ1n) is 3.35. The summed E-state index contributed by atoms with van der Waals surface area (Å²) >= 11 is 3.80. The van der Waals surface area contributed by atoms with Crippen LogP contribution in [0.2, 0.25) is 0 Å². The zero-order valence-corrected chi connectivity index (χ0v) is 7.29. The first kappa shape index (κ1) is 9.28. The Hall–Kier alpha value is -0.810. The van der Waals surface area contributed by atoms with Gasteiger partial charge in [0.15, 0.2) is 11.5 Å². The minimum absolute atomic E-state index is 0.0744. The molecule has 0 spiro atoms. The van der Waals surface area contributed by atoms with Crippen LogP contribution in [0.3, 0.4) is 0 Å². The second-order valence-corrected chi connectivity index (χ2v) is 3.19. The van der Waals surface area contributed by atoms with Gasteiger partial charge in [-0.1, -0.05) is 0 Å². The highest BCUT2D eigenvalue weighted by Crippen LogP contribution is 2.29. The van der Waals surface area contributed by atoms with Crippen LogP contribution in [0.15, 0.2) is 22.9 Å². The van der Waals surface area contributed by atoms with Crippen molar-refractivity contribution in [1.29, 1.82) is 0 Å². The van der Waals surface area contributed by atoms with E-state index in [4.69, 9.17) is 10.2 Å². The van der Waals surface area contributed by atoms with Crippen molar-refractivity contribution in [1.82, 2.24) is 0 Å². The maximum Gasteiger partial charge on any atom is 0.160 e. The van der Waals surface area contributed by atoms with Crippen molar-refractivity contribution in [3.8, 4) is 0 Å². The highest BCUT2D eigenvalue weighted by molar-refractivity contribution is 7.81. The molecule has 4 nitrogen and oxygen atoms in total. The fraction of sp³-hybridized carbons (Fsp3) is 0.429. The minimum atomic E-state index is -1.26. The quantitative estimate of drug-likeness (QED) is 0.366. The molecule has 0 fully saturated rings. The number of rotatable bonds is 0. The number of thiol groups is 1. The Bertz CT molecular complexity index is 241. The van der Waals surface area contributed by atoms with E-state index in [1.54, 1.807) is 0 Å². The predicted octanol–water partition coefficient (Wildman–Crippen LogP) is 0.819. The van der Waals surface area contributed by atoms with Gasteiger partial charge in [0.2, 0.25) is 0 Å². The van der Waals surface area contributed by atoms with Gasteiger partial charge in [0.25, 0.3) is 0 Å². The van der Waals surface area contributed by atoms with E-state index in [1.807, 2.05) is 0 Å². The summed E-state index contributed by atoms with van der Waals surface area (Å²) in [6, 6.07) is 0. The van der Waals surface area contributed by atoms with Gasteiger partial charge in [0.05, 0.1) is 5.25 Å². The molecule has 5 heteroatoms. The first-order chi connectivity index (χ1) is 5.46. The largest absolute Gasteiger partial charge is 0.509 e. The second-order valence-electron chi connectivity index (χ2n) is 2.63. The lowest BCUT2D eigenvalue weighted by Gasteiger charge is -2.24. The monoisotopic (exact) mass is 190 g/mol. The summed E-state index contributed by atoms with van der Waals surface area (Å²) < 4.78 is 0. The van der Waals surface area contributed by atoms with E-state index in [1.165, 1.54) is 6.92 Å². The molecule has 1 aliphatic carbocycles. The van der Waals surface area contributed by atoms with Crippen molar-refractivity contribution < 1.29 is 20.4 Å². The average molecular weight is 190 g/mol. The maximum absolute atomic E-state index is 9.22. The summed E-state index contributed by atoms with van der Waals surface area (Å²) in [6.45, 7) is 1.39. The molecule has 0 heterocycles. The highest BCUT2D eigenvalue weighted by Gasteiger charge is 2.32. The van der Waals surface area contributed by atoms with Crippen LogP contribution in [-0.4, -0.2) is 31.8 Å². The van der Waals surface area contributed by atoms with Crippen LogP contribution < -0.4 is 0 Å². The summed E-state index contributed by atoms with van der Waals surface area (Å²) in [4.78, 5) is 0. The Morgan fingerprint density at radius 3 is 2.17 bits per heavy atom. The Labute approximate surface area is 74.9 Å². The molecule has 1 aliphatic rings. The van der Waals surface area contributed by atoms with Crippen molar-refractivity contribution in [3.63, 3.8) is 0 Å². The minimum Gasteiger partial charge on any atom is -0.509 e. The van der Waals surface area contributed by atoms with Crippen molar-refractivity contribution in [2.24, 2.45) is 0 Å². The summed E-state index contributed by atoms with van der Waals surface area (Å²) in [7, 11) is 0. The third-order valence-electron chi connectivity index (χ3n) is 1.84. The number of hydrogen-bond donors (Lipinski definition) is 5. The van der Waals surface area contributed by atoms with Gasteiger partial charge in [-0.05, 0) is 6.92 Å². The average Bonchev–Trinajstić information content (AvgIpc) is 2.08. The van der Waals surface area contributed by atoms with Gasteiger partial charge in [0.1, 0.15) is 11.9 Å². The topological polar surface area (TPSA) is 80.9 Å². The van der Waals surface area contributed by atoms with Gasteiger partial charge in [-0.25, -0.2) is 0 Å². The molecule has 12 heavy (non-hydrogen) atoms. The number of aliphatic hydroxyl groups is 4. The van der Waals surface area contributed by atoms with Gasteiger partial charge in [-0.2, -0.15) is 12.6 Å². The van der Waals surface area contributed by atoms with Gasteiger partial charge >= 0.3 is 0 Å². The Morgan fingerprint density at radius 2 is 1.67 bits per heavy atom. The molecule has 0 saturated carbocycles. The van der Waals surface area contributed by atoms with E-state index in [-0.39, 0.29) is 11.3 Å². The van der Waals surface area contributed by atoms with Gasteiger partial charge in [0, 0.05) is 5.57 Å². The van der Waals surface area contributed by atoms with Crippen molar-refractivity contribution >= 4 is 12.6 Å². The van der Waals surface area contributed by atoms with Gasteiger partial charge in [-0.3, -0.25) is 0 Å². The molecule has 0 aromatic carbocycles. The Morgan fingerprint density at radius 1 is 1.17 bits per heavy atom. The lowest BCUT2D eigenvalue weighted by atomic mass is 10.00. The molecule has 0 radical (unpaired) electrons. The highest BCUT2D eigenvalue weighted by atomic mass is 32.1. The molecule has 0 unspecified atom stereocenters. The zero-order chi connectivity index (χ0) is 9.46.